The summed E-state index contributed by atoms with van der Waals surface area (Å²) in [6, 6.07) is 0.519. The number of methoxy groups -OCH3 is 1. The van der Waals surface area contributed by atoms with Crippen molar-refractivity contribution in [1.29, 1.82) is 0 Å². The van der Waals surface area contributed by atoms with Crippen molar-refractivity contribution in [2.45, 2.75) is 0 Å². The summed E-state index contributed by atoms with van der Waals surface area (Å²) >= 11 is 0. The van der Waals surface area contributed by atoms with Gasteiger partial charge in [0.05, 0.1) is 18.9 Å². The molecule has 1 heterocycles. The number of aromatic nitrogens is 1. The average Bonchev–Trinajstić information content (AvgIpc) is 2.16. The van der Waals surface area contributed by atoms with Crippen molar-refractivity contribution in [3.63, 3.8) is 0 Å². The van der Waals surface area contributed by atoms with Gasteiger partial charge in [0, 0.05) is 6.20 Å². The molecule has 0 aliphatic heterocycles. The van der Waals surface area contributed by atoms with E-state index in [-0.39, 0.29) is 11.3 Å². The first kappa shape index (κ1) is 9.97. The van der Waals surface area contributed by atoms with Crippen LogP contribution in [0.2, 0.25) is 0 Å². The Balaban J connectivity index is 2.94. The first-order valence-corrected chi connectivity index (χ1v) is 3.74. The topological polar surface area (TPSA) is 94.3 Å². The number of nitrogens with one attached hydrogen (secondary N) is 1. The van der Waals surface area contributed by atoms with Crippen molar-refractivity contribution in [2.24, 2.45) is 5.73 Å². The Labute approximate surface area is 80.1 Å². The highest BCUT2D eigenvalue weighted by atomic mass is 16.5. The molecule has 1 aromatic rings. The van der Waals surface area contributed by atoms with E-state index in [2.05, 4.69) is 4.98 Å². The first-order valence-electron chi connectivity index (χ1n) is 3.74. The van der Waals surface area contributed by atoms with Crippen LogP contribution in [0.5, 0.6) is 5.75 Å². The lowest BCUT2D eigenvalue weighted by Crippen LogP contribution is -2.35. The van der Waals surface area contributed by atoms with E-state index in [1.165, 1.54) is 25.6 Å². The molecule has 74 valence electrons. The van der Waals surface area contributed by atoms with E-state index < -0.39 is 11.9 Å². The smallest absolute Gasteiger partial charge is 0.319 e. The number of nitrogens with zero attached hydrogens (tertiary/aromatic N) is 1. The Morgan fingerprint density at radius 2 is 2.29 bits per heavy atom. The van der Waals surface area contributed by atoms with Crippen LogP contribution in [-0.4, -0.2) is 24.0 Å². The van der Waals surface area contributed by atoms with Crippen molar-refractivity contribution < 1.29 is 14.3 Å². The average molecular weight is 195 g/mol. The van der Waals surface area contributed by atoms with Gasteiger partial charge in [0.1, 0.15) is 5.75 Å². The Morgan fingerprint density at radius 3 is 2.86 bits per heavy atom. The molecule has 0 unspecified atom stereocenters. The van der Waals surface area contributed by atoms with E-state index in [1.807, 2.05) is 5.32 Å². The third-order valence-electron chi connectivity index (χ3n) is 1.49. The molecule has 0 aliphatic rings. The van der Waals surface area contributed by atoms with Crippen LogP contribution in [0.3, 0.4) is 0 Å². The molecule has 3 N–H and O–H groups in total. The summed E-state index contributed by atoms with van der Waals surface area (Å²) in [7, 11) is 1.40. The third-order valence-corrected chi connectivity index (χ3v) is 1.49. The molecule has 14 heavy (non-hydrogen) atoms. The van der Waals surface area contributed by atoms with Crippen LogP contribution in [0.15, 0.2) is 18.5 Å². The van der Waals surface area contributed by atoms with E-state index in [9.17, 15) is 9.59 Å². The number of hydrogen-bond donors (Lipinski definition) is 2. The highest BCUT2D eigenvalue weighted by molar-refractivity contribution is 6.05. The number of pyridine rings is 1. The molecular weight excluding hydrogens is 186 g/mol. The Hall–Kier alpha value is -2.11. The van der Waals surface area contributed by atoms with Crippen molar-refractivity contribution in [1.82, 2.24) is 10.3 Å². The number of ether oxygens (including phenoxy) is 1. The van der Waals surface area contributed by atoms with Gasteiger partial charge in [-0.05, 0) is 6.07 Å². The summed E-state index contributed by atoms with van der Waals surface area (Å²) in [4.78, 5) is 25.5. The maximum Gasteiger partial charge on any atom is 0.319 e. The van der Waals surface area contributed by atoms with Crippen LogP contribution in [-0.2, 0) is 0 Å². The van der Waals surface area contributed by atoms with Crippen LogP contribution >= 0.6 is 0 Å². The SMILES string of the molecule is COc1cnccc1C(=O)NC(N)=O. The van der Waals surface area contributed by atoms with Gasteiger partial charge in [-0.2, -0.15) is 0 Å². The summed E-state index contributed by atoms with van der Waals surface area (Å²) in [6.07, 6.45) is 2.79. The number of urea groups is 1. The molecule has 3 amide bonds. The number of hydrogen-bond acceptors (Lipinski definition) is 4. The van der Waals surface area contributed by atoms with Gasteiger partial charge in [0.15, 0.2) is 0 Å². The summed E-state index contributed by atoms with van der Waals surface area (Å²) in [5, 5.41) is 1.93. The maximum atomic E-state index is 11.3. The van der Waals surface area contributed by atoms with Crippen LogP contribution < -0.4 is 15.8 Å². The van der Waals surface area contributed by atoms with Crippen LogP contribution in [0.1, 0.15) is 10.4 Å². The first-order chi connectivity index (χ1) is 6.65. The van der Waals surface area contributed by atoms with E-state index in [0.717, 1.165) is 0 Å². The largest absolute Gasteiger partial charge is 0.494 e. The minimum atomic E-state index is -0.908. The summed E-state index contributed by atoms with van der Waals surface area (Å²) in [5.74, 6) is -0.331. The molecule has 0 fully saturated rings. The van der Waals surface area contributed by atoms with Gasteiger partial charge in [0.25, 0.3) is 5.91 Å². The van der Waals surface area contributed by atoms with Crippen LogP contribution in [0, 0.1) is 0 Å². The molecular formula is C8H9N3O3. The molecule has 6 nitrogen and oxygen atoms in total. The van der Waals surface area contributed by atoms with Crippen LogP contribution in [0.25, 0.3) is 0 Å². The molecule has 1 aromatic heterocycles. The number of rotatable bonds is 2. The normalized spacial score (nSPS) is 9.21. The predicted molar refractivity (Wildman–Crippen MR) is 47.8 cm³/mol. The van der Waals surface area contributed by atoms with Gasteiger partial charge in [-0.15, -0.1) is 0 Å². The lowest BCUT2D eigenvalue weighted by Gasteiger charge is -2.05. The maximum absolute atomic E-state index is 11.3. The van der Waals surface area contributed by atoms with Crippen LogP contribution in [0.4, 0.5) is 4.79 Å². The number of primary amides is 1. The molecule has 6 heteroatoms. The fourth-order valence-electron chi connectivity index (χ4n) is 0.909. The second-order valence-electron chi connectivity index (χ2n) is 2.39. The van der Waals surface area contributed by atoms with Gasteiger partial charge in [0.2, 0.25) is 0 Å². The summed E-state index contributed by atoms with van der Waals surface area (Å²) in [5.41, 5.74) is 5.00. The number of amides is 3. The zero-order valence-electron chi connectivity index (χ0n) is 7.48. The third kappa shape index (κ3) is 2.19. The van der Waals surface area contributed by atoms with Gasteiger partial charge in [-0.1, -0.05) is 0 Å². The Bertz CT molecular complexity index is 365. The zero-order chi connectivity index (χ0) is 10.6. The molecule has 0 bridgehead atoms. The molecule has 0 saturated heterocycles. The minimum Gasteiger partial charge on any atom is -0.494 e. The quantitative estimate of drug-likeness (QED) is 0.688. The lowest BCUT2D eigenvalue weighted by molar-refractivity contribution is 0.0963. The predicted octanol–water partition coefficient (Wildman–Crippen LogP) is -0.101. The molecule has 0 spiro atoms. The van der Waals surface area contributed by atoms with E-state index in [4.69, 9.17) is 10.5 Å². The molecule has 0 aromatic carbocycles. The fourth-order valence-corrected chi connectivity index (χ4v) is 0.909. The second kappa shape index (κ2) is 4.22. The fraction of sp³-hybridized carbons (Fsp3) is 0.125. The number of nitrogens with two attached hydrogens (primary N) is 1. The Kier molecular flexibility index (Phi) is 3.01. The van der Waals surface area contributed by atoms with E-state index >= 15 is 0 Å². The number of carbonyl (C=O) groups is 2. The Morgan fingerprint density at radius 1 is 1.57 bits per heavy atom. The molecule has 1 rings (SSSR count). The van der Waals surface area contributed by atoms with Crippen molar-refractivity contribution >= 4 is 11.9 Å². The molecule has 0 radical (unpaired) electrons. The van der Waals surface area contributed by atoms with Crippen molar-refractivity contribution in [3.8, 4) is 5.75 Å². The van der Waals surface area contributed by atoms with Gasteiger partial charge in [-0.25, -0.2) is 4.79 Å². The van der Waals surface area contributed by atoms with Crippen molar-refractivity contribution in [2.75, 3.05) is 7.11 Å². The second-order valence-corrected chi connectivity index (χ2v) is 2.39. The minimum absolute atomic E-state index is 0.210. The lowest BCUT2D eigenvalue weighted by atomic mass is 10.2. The summed E-state index contributed by atoms with van der Waals surface area (Å²) < 4.78 is 4.87. The monoisotopic (exact) mass is 195 g/mol. The molecule has 0 saturated carbocycles. The zero-order valence-corrected chi connectivity index (χ0v) is 7.48. The van der Waals surface area contributed by atoms with Gasteiger partial charge in [-0.3, -0.25) is 15.1 Å². The molecule has 0 aliphatic carbocycles. The highest BCUT2D eigenvalue weighted by Gasteiger charge is 2.12. The number of carbonyl (C=O) groups excluding carboxylic acids is 2. The standard InChI is InChI=1S/C8H9N3O3/c1-14-6-4-10-3-2-5(6)7(12)11-8(9)13/h2-4H,1H3,(H3,9,11,12,13). The highest BCUT2D eigenvalue weighted by Crippen LogP contribution is 2.14. The number of imide groups is 1. The summed E-state index contributed by atoms with van der Waals surface area (Å²) in [6.45, 7) is 0. The van der Waals surface area contributed by atoms with Crippen molar-refractivity contribution in [3.05, 3.63) is 24.0 Å². The molecule has 0 atom stereocenters. The van der Waals surface area contributed by atoms with Gasteiger partial charge >= 0.3 is 6.03 Å². The van der Waals surface area contributed by atoms with Gasteiger partial charge < -0.3 is 10.5 Å². The van der Waals surface area contributed by atoms with E-state index in [0.29, 0.717) is 0 Å². The van der Waals surface area contributed by atoms with E-state index in [1.54, 1.807) is 0 Å².